The van der Waals surface area contributed by atoms with Crippen LogP contribution < -0.4 is 20.5 Å². The Balaban J connectivity index is 1.87. The summed E-state index contributed by atoms with van der Waals surface area (Å²) in [7, 11) is -0.344. The summed E-state index contributed by atoms with van der Waals surface area (Å²) >= 11 is 0. The Bertz CT molecular complexity index is 816. The molecule has 0 amide bonds. The molecular weight excluding hydrogens is 340 g/mol. The number of benzene rings is 2. The van der Waals surface area contributed by atoms with E-state index >= 15 is 0 Å². The highest BCUT2D eigenvalue weighted by atomic mass is 32.2. The standard InChI is InChI=1S/C17H22N4O3S/c1-19-17(20-11-13-3-7-15(24-2)8-4-13)21-12-14-5-9-16(10-6-14)25(18,22)23/h3-10H,11-12H2,1-2H3,(H2,18,22,23)(H2,19,20,21). The van der Waals surface area contributed by atoms with Crippen molar-refractivity contribution in [3.05, 3.63) is 59.7 Å². The highest BCUT2D eigenvalue weighted by Crippen LogP contribution is 2.11. The molecule has 7 nitrogen and oxygen atoms in total. The molecule has 2 aromatic carbocycles. The molecule has 0 unspecified atom stereocenters. The van der Waals surface area contributed by atoms with Crippen LogP contribution in [0.15, 0.2) is 58.4 Å². The summed E-state index contributed by atoms with van der Waals surface area (Å²) in [6.07, 6.45) is 0. The van der Waals surface area contributed by atoms with Crippen molar-refractivity contribution in [2.24, 2.45) is 10.1 Å². The van der Waals surface area contributed by atoms with Gasteiger partial charge >= 0.3 is 0 Å². The van der Waals surface area contributed by atoms with Gasteiger partial charge < -0.3 is 15.4 Å². The van der Waals surface area contributed by atoms with Gasteiger partial charge in [-0.15, -0.1) is 0 Å². The predicted octanol–water partition coefficient (Wildman–Crippen LogP) is 1.21. The Morgan fingerprint density at radius 1 is 1.00 bits per heavy atom. The largest absolute Gasteiger partial charge is 0.497 e. The lowest BCUT2D eigenvalue weighted by atomic mass is 10.2. The van der Waals surface area contributed by atoms with Crippen molar-refractivity contribution >= 4 is 16.0 Å². The van der Waals surface area contributed by atoms with Gasteiger partial charge in [0.25, 0.3) is 0 Å². The maximum Gasteiger partial charge on any atom is 0.238 e. The maximum atomic E-state index is 11.2. The molecule has 4 N–H and O–H groups in total. The van der Waals surface area contributed by atoms with E-state index in [9.17, 15) is 8.42 Å². The number of nitrogens with zero attached hydrogens (tertiary/aromatic N) is 1. The van der Waals surface area contributed by atoms with Crippen LogP contribution >= 0.6 is 0 Å². The van der Waals surface area contributed by atoms with Gasteiger partial charge in [-0.1, -0.05) is 24.3 Å². The third-order valence-corrected chi connectivity index (χ3v) is 4.48. The van der Waals surface area contributed by atoms with Crippen LogP contribution in [-0.4, -0.2) is 28.5 Å². The van der Waals surface area contributed by atoms with Crippen LogP contribution in [-0.2, 0) is 23.1 Å². The van der Waals surface area contributed by atoms with Gasteiger partial charge in [0, 0.05) is 20.1 Å². The van der Waals surface area contributed by atoms with E-state index < -0.39 is 10.0 Å². The lowest BCUT2D eigenvalue weighted by Crippen LogP contribution is -2.36. The fraction of sp³-hybridized carbons (Fsp3) is 0.235. The van der Waals surface area contributed by atoms with E-state index in [2.05, 4.69) is 15.6 Å². The molecule has 0 aliphatic carbocycles. The van der Waals surface area contributed by atoms with Crippen LogP contribution in [0.3, 0.4) is 0 Å². The molecule has 0 saturated heterocycles. The molecule has 0 heterocycles. The Kier molecular flexibility index (Phi) is 6.37. The lowest BCUT2D eigenvalue weighted by Gasteiger charge is -2.12. The normalized spacial score (nSPS) is 11.9. The number of sulfonamides is 1. The molecule has 0 radical (unpaired) electrons. The fourth-order valence-electron chi connectivity index (χ4n) is 2.13. The minimum absolute atomic E-state index is 0.0956. The molecule has 0 bridgehead atoms. The second kappa shape index (κ2) is 8.50. The average Bonchev–Trinajstić information content (AvgIpc) is 2.62. The summed E-state index contributed by atoms with van der Waals surface area (Å²) in [5.41, 5.74) is 2.01. The fourth-order valence-corrected chi connectivity index (χ4v) is 2.65. The van der Waals surface area contributed by atoms with E-state index in [1.807, 2.05) is 24.3 Å². The Labute approximate surface area is 148 Å². The molecule has 0 aromatic heterocycles. The number of ether oxygens (including phenoxy) is 1. The van der Waals surface area contributed by atoms with Gasteiger partial charge in [-0.2, -0.15) is 0 Å². The van der Waals surface area contributed by atoms with Crippen LogP contribution in [0, 0.1) is 0 Å². The molecule has 25 heavy (non-hydrogen) atoms. The predicted molar refractivity (Wildman–Crippen MR) is 97.8 cm³/mol. The number of rotatable bonds is 6. The molecule has 134 valence electrons. The molecule has 2 aromatic rings. The Morgan fingerprint density at radius 3 is 1.88 bits per heavy atom. The van der Waals surface area contributed by atoms with Crippen LogP contribution in [0.5, 0.6) is 5.75 Å². The van der Waals surface area contributed by atoms with E-state index in [0.29, 0.717) is 19.0 Å². The zero-order chi connectivity index (χ0) is 18.3. The van der Waals surface area contributed by atoms with Gasteiger partial charge in [-0.25, -0.2) is 13.6 Å². The topological polar surface area (TPSA) is 106 Å². The number of guanidine groups is 1. The first-order valence-corrected chi connectivity index (χ1v) is 9.16. The number of nitrogens with one attached hydrogen (secondary N) is 2. The lowest BCUT2D eigenvalue weighted by molar-refractivity contribution is 0.414. The highest BCUT2D eigenvalue weighted by molar-refractivity contribution is 7.89. The third kappa shape index (κ3) is 5.77. The van der Waals surface area contributed by atoms with Crippen molar-refractivity contribution < 1.29 is 13.2 Å². The summed E-state index contributed by atoms with van der Waals surface area (Å²) < 4.78 is 27.6. The monoisotopic (exact) mass is 362 g/mol. The first-order valence-electron chi connectivity index (χ1n) is 7.61. The average molecular weight is 362 g/mol. The highest BCUT2D eigenvalue weighted by Gasteiger charge is 2.07. The molecule has 0 saturated carbocycles. The number of aliphatic imine (C=N–C) groups is 1. The van der Waals surface area contributed by atoms with Gasteiger partial charge in [-0.3, -0.25) is 4.99 Å². The summed E-state index contributed by atoms with van der Waals surface area (Å²) in [6, 6.07) is 14.2. The Hall–Kier alpha value is -2.58. The minimum Gasteiger partial charge on any atom is -0.497 e. The second-order valence-electron chi connectivity index (χ2n) is 5.32. The number of hydrogen-bond donors (Lipinski definition) is 3. The van der Waals surface area contributed by atoms with Crippen molar-refractivity contribution in [2.45, 2.75) is 18.0 Å². The zero-order valence-corrected chi connectivity index (χ0v) is 15.0. The molecule has 0 atom stereocenters. The van der Waals surface area contributed by atoms with E-state index in [-0.39, 0.29) is 4.90 Å². The van der Waals surface area contributed by atoms with Crippen LogP contribution in [0.1, 0.15) is 11.1 Å². The quantitative estimate of drug-likeness (QED) is 0.529. The van der Waals surface area contributed by atoms with Crippen LogP contribution in [0.2, 0.25) is 0 Å². The summed E-state index contributed by atoms with van der Waals surface area (Å²) in [4.78, 5) is 4.26. The SMILES string of the molecule is CN=C(NCc1ccc(OC)cc1)NCc1ccc(S(N)(=O)=O)cc1. The van der Waals surface area contributed by atoms with E-state index in [4.69, 9.17) is 9.88 Å². The molecule has 0 aliphatic heterocycles. The first-order chi connectivity index (χ1) is 11.9. The minimum atomic E-state index is -3.67. The molecule has 8 heteroatoms. The van der Waals surface area contributed by atoms with Crippen LogP contribution in [0.25, 0.3) is 0 Å². The van der Waals surface area contributed by atoms with Gasteiger partial charge in [0.1, 0.15) is 5.75 Å². The molecular formula is C17H22N4O3S. The molecule has 2 rings (SSSR count). The Morgan fingerprint density at radius 2 is 1.48 bits per heavy atom. The number of hydrogen-bond acceptors (Lipinski definition) is 4. The van der Waals surface area contributed by atoms with E-state index in [1.165, 1.54) is 12.1 Å². The van der Waals surface area contributed by atoms with Gasteiger partial charge in [0.15, 0.2) is 5.96 Å². The first kappa shape index (κ1) is 18.8. The van der Waals surface area contributed by atoms with Gasteiger partial charge in [0.2, 0.25) is 10.0 Å². The van der Waals surface area contributed by atoms with Crippen molar-refractivity contribution in [3.8, 4) is 5.75 Å². The van der Waals surface area contributed by atoms with E-state index in [1.54, 1.807) is 26.3 Å². The van der Waals surface area contributed by atoms with E-state index in [0.717, 1.165) is 16.9 Å². The van der Waals surface area contributed by atoms with Crippen molar-refractivity contribution in [1.82, 2.24) is 10.6 Å². The summed E-state index contributed by atoms with van der Waals surface area (Å²) in [5, 5.41) is 11.5. The third-order valence-electron chi connectivity index (χ3n) is 3.55. The van der Waals surface area contributed by atoms with Gasteiger partial charge in [-0.05, 0) is 35.4 Å². The summed E-state index contributed by atoms with van der Waals surface area (Å²) in [5.74, 6) is 1.46. The second-order valence-corrected chi connectivity index (χ2v) is 6.88. The van der Waals surface area contributed by atoms with Crippen molar-refractivity contribution in [3.63, 3.8) is 0 Å². The molecule has 0 spiro atoms. The number of methoxy groups -OCH3 is 1. The zero-order valence-electron chi connectivity index (χ0n) is 14.2. The van der Waals surface area contributed by atoms with Crippen LogP contribution in [0.4, 0.5) is 0 Å². The molecule has 0 aliphatic rings. The van der Waals surface area contributed by atoms with Crippen molar-refractivity contribution in [1.29, 1.82) is 0 Å². The molecule has 0 fully saturated rings. The summed E-state index contributed by atoms with van der Waals surface area (Å²) in [6.45, 7) is 1.13. The number of primary sulfonamides is 1. The van der Waals surface area contributed by atoms with Crippen molar-refractivity contribution in [2.75, 3.05) is 14.2 Å². The van der Waals surface area contributed by atoms with Gasteiger partial charge in [0.05, 0.1) is 12.0 Å². The smallest absolute Gasteiger partial charge is 0.238 e. The number of nitrogens with two attached hydrogens (primary N) is 1. The maximum absolute atomic E-state index is 11.2.